The number of hydrogen-bond donors (Lipinski definition) is 5. The molecule has 3 fully saturated rings. The summed E-state index contributed by atoms with van der Waals surface area (Å²) in [5.41, 5.74) is 5.17. The SMILES string of the molecule is C#CC[C@H](O)CO[Si](C)(C)C(C)(C)C.C=C(Br)C[C@H](O)CO.C=C(Br)C[C@H]1COC(C)(C)O1.C=C(C[C@H]1COC(C)(C)O1)S(=O)(=O)Cl.C=C(C[C@H]1COC(C)(C)O1)S(=O)(=O)Nc1c(OC)cc(F)c(F)c1Cc1ccc(I)cc1F.COC(C)(C)OC.COc1cc(F)c(F)c(Cc2ccc(I)cc2F)c1N.[2H]CC. The van der Waals surface area contributed by atoms with E-state index in [1.807, 2.05) is 72.9 Å². The van der Waals surface area contributed by atoms with Gasteiger partial charge >= 0.3 is 0 Å². The maximum atomic E-state index is 14.8. The smallest absolute Gasteiger partial charge is 0.257 e. The molecule has 4 aromatic carbocycles. The number of aliphatic hydroxyl groups is 3. The summed E-state index contributed by atoms with van der Waals surface area (Å²) in [4.78, 5) is -0.280. The fraction of sp³-hybridized carbons (Fsp3) is 0.547. The van der Waals surface area contributed by atoms with E-state index < -0.39 is 116 Å². The number of benzene rings is 4. The van der Waals surface area contributed by atoms with Crippen LogP contribution in [-0.4, -0.2) is 156 Å². The van der Waals surface area contributed by atoms with Gasteiger partial charge in [0.25, 0.3) is 19.1 Å². The van der Waals surface area contributed by atoms with Crippen LogP contribution < -0.4 is 19.9 Å². The van der Waals surface area contributed by atoms with E-state index in [-0.39, 0.29) is 99.1 Å². The van der Waals surface area contributed by atoms with E-state index in [0.717, 1.165) is 23.0 Å². The molecule has 620 valence electrons. The largest absolute Gasteiger partial charge is 0.494 e. The molecule has 3 aliphatic rings. The molecule has 0 amide bonds. The van der Waals surface area contributed by atoms with Crippen LogP contribution in [0.2, 0.25) is 18.1 Å². The van der Waals surface area contributed by atoms with E-state index in [1.54, 1.807) is 61.0 Å². The third-order valence-corrected chi connectivity index (χ3v) is 25.2. The molecule has 0 saturated carbocycles. The van der Waals surface area contributed by atoms with Gasteiger partial charge in [0.15, 0.2) is 54.7 Å². The Kier molecular flexibility index (Phi) is 45.7. The number of rotatable bonds is 25. The predicted molar refractivity (Wildman–Crippen MR) is 444 cm³/mol. The molecule has 4 aromatic rings. The van der Waals surface area contributed by atoms with Crippen LogP contribution in [0.5, 0.6) is 11.5 Å². The van der Waals surface area contributed by atoms with Crippen molar-refractivity contribution in [2.45, 2.75) is 207 Å². The fourth-order valence-electron chi connectivity index (χ4n) is 8.69. The molecule has 0 aliphatic carbocycles. The molecule has 7 rings (SSSR count). The van der Waals surface area contributed by atoms with Gasteiger partial charge in [-0.15, -0.1) is 12.3 Å². The lowest BCUT2D eigenvalue weighted by Gasteiger charge is -2.36. The van der Waals surface area contributed by atoms with Gasteiger partial charge in [-0.1, -0.05) is 105 Å². The lowest BCUT2D eigenvalue weighted by atomic mass is 10.0. The first-order chi connectivity index (χ1) is 50.4. The van der Waals surface area contributed by atoms with Gasteiger partial charge in [0.05, 0.1) is 99.0 Å². The number of ether oxygens (including phenoxy) is 10. The molecule has 0 radical (unpaired) electrons. The minimum absolute atomic E-state index is 0.0237. The molecule has 0 unspecified atom stereocenters. The maximum absolute atomic E-state index is 14.8. The Labute approximate surface area is 692 Å². The van der Waals surface area contributed by atoms with Crippen LogP contribution in [0.15, 0.2) is 93.6 Å². The van der Waals surface area contributed by atoms with Crippen molar-refractivity contribution in [2.24, 2.45) is 0 Å². The monoisotopic (exact) mass is 1980 g/mol. The Bertz CT molecular complexity index is 3920. The molecular weight excluding hydrogens is 1870 g/mol. The summed E-state index contributed by atoms with van der Waals surface area (Å²) >= 11 is 10.2. The Morgan fingerprint density at radius 2 is 1.10 bits per heavy atom. The minimum atomic E-state index is -4.28. The third-order valence-electron chi connectivity index (χ3n) is 15.8. The van der Waals surface area contributed by atoms with Crippen LogP contribution in [0, 0.1) is 54.4 Å². The lowest BCUT2D eigenvalue weighted by Crippen LogP contribution is -2.42. The Balaban J connectivity index is 0.00000134. The predicted octanol–water partition coefficient (Wildman–Crippen LogP) is 18.1. The number of sulfonamides is 1. The van der Waals surface area contributed by atoms with E-state index in [9.17, 15) is 48.3 Å². The molecule has 3 aliphatic heterocycles. The first kappa shape index (κ1) is 104. The molecular formula is C75H109Br2ClF6I2N2O18S2Si. The summed E-state index contributed by atoms with van der Waals surface area (Å²) in [6.07, 6.45) is 4.39. The number of methoxy groups -OCH3 is 4. The average Bonchev–Trinajstić information content (AvgIpc) is 1.03. The zero-order valence-corrected chi connectivity index (χ0v) is 76.0. The Hall–Kier alpha value is -3.47. The van der Waals surface area contributed by atoms with Gasteiger partial charge < -0.3 is 72.8 Å². The highest BCUT2D eigenvalue weighted by molar-refractivity contribution is 14.1. The van der Waals surface area contributed by atoms with Crippen LogP contribution in [0.3, 0.4) is 0 Å². The van der Waals surface area contributed by atoms with Crippen molar-refractivity contribution in [3.05, 3.63) is 158 Å². The summed E-state index contributed by atoms with van der Waals surface area (Å²) in [7, 11) is 1.14. The van der Waals surface area contributed by atoms with Gasteiger partial charge in [0, 0.05) is 102 Å². The van der Waals surface area contributed by atoms with E-state index in [2.05, 4.69) is 103 Å². The maximum Gasteiger partial charge on any atom is 0.257 e. The number of halogens is 11. The number of nitrogen functional groups attached to an aromatic ring is 1. The molecule has 0 aromatic heterocycles. The molecule has 3 saturated heterocycles. The van der Waals surface area contributed by atoms with Crippen LogP contribution in [0.4, 0.5) is 37.7 Å². The van der Waals surface area contributed by atoms with Gasteiger partial charge in [0.2, 0.25) is 0 Å². The number of hydrogen-bond acceptors (Lipinski definition) is 19. The first-order valence-corrected chi connectivity index (χ1v) is 43.9. The summed E-state index contributed by atoms with van der Waals surface area (Å²) in [5.74, 6) is -5.97. The van der Waals surface area contributed by atoms with Gasteiger partial charge in [0.1, 0.15) is 23.1 Å². The number of aliphatic hydroxyl groups excluding tert-OH is 3. The van der Waals surface area contributed by atoms with E-state index in [0.29, 0.717) is 51.2 Å². The fourth-order valence-corrected chi connectivity index (χ4v) is 13.0. The summed E-state index contributed by atoms with van der Waals surface area (Å²) < 4.78 is 202. The van der Waals surface area contributed by atoms with E-state index in [1.165, 1.54) is 38.5 Å². The van der Waals surface area contributed by atoms with Crippen molar-refractivity contribution in [3.8, 4) is 23.8 Å². The van der Waals surface area contributed by atoms with Crippen molar-refractivity contribution in [2.75, 3.05) is 71.9 Å². The molecule has 3 heterocycles. The topological polar surface area (TPSA) is 269 Å². The van der Waals surface area contributed by atoms with Crippen LogP contribution in [0.25, 0.3) is 0 Å². The Morgan fingerprint density at radius 1 is 0.706 bits per heavy atom. The first-order valence-electron chi connectivity index (χ1n) is 34.2. The highest BCUT2D eigenvalue weighted by atomic mass is 127. The molecule has 0 spiro atoms. The summed E-state index contributed by atoms with van der Waals surface area (Å²) in [6.45, 7) is 43.2. The number of nitrogens with one attached hydrogen (secondary N) is 1. The van der Waals surface area contributed by atoms with E-state index >= 15 is 0 Å². The van der Waals surface area contributed by atoms with Crippen molar-refractivity contribution >= 4 is 126 Å². The second-order valence-corrected chi connectivity index (χ2v) is 41.4. The third kappa shape index (κ3) is 39.6. The molecule has 109 heavy (non-hydrogen) atoms. The molecule has 34 heteroatoms. The van der Waals surface area contributed by atoms with Crippen molar-refractivity contribution in [1.29, 1.82) is 0 Å². The van der Waals surface area contributed by atoms with Gasteiger partial charge in [-0.25, -0.2) is 43.2 Å². The number of anilines is 2. The van der Waals surface area contributed by atoms with Crippen molar-refractivity contribution < 1.29 is 112 Å². The summed E-state index contributed by atoms with van der Waals surface area (Å²) in [6, 6.07) is 10.4. The lowest BCUT2D eigenvalue weighted by molar-refractivity contribution is -0.178. The van der Waals surface area contributed by atoms with Crippen LogP contribution >= 0.6 is 87.7 Å². The molecule has 0 bridgehead atoms. The standard InChI is InChI=1S/C22H23F3INO5S.C14H11F3INO.C11H22O2Si.C8H13BrO2.C8H13ClO4S.C5H9BrO2.C5H12O2.C2H6/c1-12(7-15-11-31-22(2,3)32-15)33(28,29)27-21-16(20(25)18(24)10-19(21)30-4)8-13-5-6-14(26)9-17(13)23;1-20-12-6-11(16)13(17)9(14(12)19)4-7-2-3-8(18)5-10(7)15;1-7-8-10(12)9-13-14(5,6)11(2,3)4;1-6(9)4-7-5-10-8(2,3)11-7;1-6(14(9,10)11)4-7-5-12-8(2,3)13-7;1-4(6)2-5(8)3-7;1-5(2,6-3)7-4;1-2/h5-6,9-10,15,27H,1,7-8,11H2,2-4H3;2-3,5-6H,4,19H2,1H3;1,10,12H,8-9H2,2-6H3;7H,1,4-5H2,2-3H3;7H,1,4-5H2,2-3H3;5,7-8H,1-3H2;1-4H3;1-2H3/t15-;;10-;2*7-;5-;;/m0.0000../s1/i;;;;;;;1D. The van der Waals surface area contributed by atoms with Crippen LogP contribution in [0.1, 0.15) is 146 Å². The average molecular weight is 1980 g/mol. The molecule has 5 atom stereocenters. The van der Waals surface area contributed by atoms with Crippen molar-refractivity contribution in [1.82, 2.24) is 0 Å². The van der Waals surface area contributed by atoms with Gasteiger partial charge in [-0.2, -0.15) is 0 Å². The zero-order chi connectivity index (χ0) is 85.5. The second kappa shape index (κ2) is 48.2. The quantitative estimate of drug-likeness (QED) is 0.00785. The second-order valence-electron chi connectivity index (χ2n) is 27.4. The van der Waals surface area contributed by atoms with Crippen LogP contribution in [-0.2, 0) is 74.2 Å². The molecule has 20 nitrogen and oxygen atoms in total. The van der Waals surface area contributed by atoms with Gasteiger partial charge in [-0.3, -0.25) is 4.72 Å². The zero-order valence-electron chi connectivity index (χ0n) is 66.1. The normalized spacial score (nSPS) is 17.5. The minimum Gasteiger partial charge on any atom is -0.494 e. The number of nitrogens with two attached hydrogens (primary N) is 1. The highest BCUT2D eigenvalue weighted by Gasteiger charge is 2.39. The number of terminal acetylenes is 1. The highest BCUT2D eigenvalue weighted by Crippen LogP contribution is 2.40. The Morgan fingerprint density at radius 3 is 1.42 bits per heavy atom. The van der Waals surface area contributed by atoms with E-state index in [4.69, 9.17) is 86.2 Å². The molecule has 6 N–H and O–H groups in total. The van der Waals surface area contributed by atoms with Crippen molar-refractivity contribution in [3.63, 3.8) is 0 Å². The summed E-state index contributed by atoms with van der Waals surface area (Å²) in [5, 5.41) is 26.6. The van der Waals surface area contributed by atoms with Gasteiger partial charge in [-0.05, 0) is 163 Å².